The number of hydrogen-bond acceptors (Lipinski definition) is 5. The maximum atomic E-state index is 12.3. The topological polar surface area (TPSA) is 116 Å². The number of carboxylic acids is 1. The average Bonchev–Trinajstić information content (AvgIpc) is 3.02. The number of hydroxylamine groups is 2. The van der Waals surface area contributed by atoms with Gasteiger partial charge in [0.05, 0.1) is 0 Å². The number of rotatable bonds is 7. The number of carboxylic acid groups (broad SMARTS) is 1. The van der Waals surface area contributed by atoms with Gasteiger partial charge in [-0.3, -0.25) is 14.8 Å². The summed E-state index contributed by atoms with van der Waals surface area (Å²) >= 11 is 0. The Morgan fingerprint density at radius 3 is 2.14 bits per heavy atom. The van der Waals surface area contributed by atoms with Gasteiger partial charge in [-0.2, -0.15) is 0 Å². The van der Waals surface area contributed by atoms with Gasteiger partial charge in [0.2, 0.25) is 0 Å². The van der Waals surface area contributed by atoms with E-state index in [1.807, 2.05) is 48.5 Å². The smallest absolute Gasteiger partial charge is 0.407 e. The number of aliphatic carboxylic acids is 1. The predicted octanol–water partition coefficient (Wildman–Crippen LogP) is 2.61. The number of hydrogen-bond donors (Lipinski definition) is 3. The number of alkyl carbamates (subject to hydrolysis) is 1. The van der Waals surface area contributed by atoms with Gasteiger partial charge in [0, 0.05) is 19.4 Å². The minimum Gasteiger partial charge on any atom is -0.481 e. The van der Waals surface area contributed by atoms with E-state index in [4.69, 9.17) is 9.84 Å². The second-order valence-electron chi connectivity index (χ2n) is 6.82. The lowest BCUT2D eigenvalue weighted by atomic mass is 9.98. The summed E-state index contributed by atoms with van der Waals surface area (Å²) in [5.41, 5.74) is 4.28. The molecular weight excluding hydrogens is 376 g/mol. The number of nitrogens with one attached hydrogen (secondary N) is 1. The molecular formula is C21H22N2O6. The van der Waals surface area contributed by atoms with Gasteiger partial charge in [0.25, 0.3) is 5.91 Å². The zero-order valence-electron chi connectivity index (χ0n) is 15.9. The molecule has 0 radical (unpaired) electrons. The first-order valence-electron chi connectivity index (χ1n) is 9.18. The van der Waals surface area contributed by atoms with Crippen molar-refractivity contribution >= 4 is 18.0 Å². The molecule has 8 nitrogen and oxygen atoms in total. The lowest BCUT2D eigenvalue weighted by molar-refractivity contribution is -0.162. The van der Waals surface area contributed by atoms with Crippen LogP contribution in [0.1, 0.15) is 29.9 Å². The molecule has 0 aliphatic heterocycles. The summed E-state index contributed by atoms with van der Waals surface area (Å²) in [4.78, 5) is 35.0. The summed E-state index contributed by atoms with van der Waals surface area (Å²) in [5.74, 6) is -2.07. The quantitative estimate of drug-likeness (QED) is 0.488. The minimum absolute atomic E-state index is 0.0642. The van der Waals surface area contributed by atoms with Crippen molar-refractivity contribution in [2.24, 2.45) is 0 Å². The Labute approximate surface area is 167 Å². The van der Waals surface area contributed by atoms with Gasteiger partial charge in [-0.25, -0.2) is 9.86 Å². The van der Waals surface area contributed by atoms with Crippen LogP contribution in [0.3, 0.4) is 0 Å². The highest BCUT2D eigenvalue weighted by Gasteiger charge is 2.30. The van der Waals surface area contributed by atoms with Crippen molar-refractivity contribution in [2.75, 3.05) is 13.7 Å². The molecule has 0 spiro atoms. The molecule has 0 aromatic heterocycles. The first kappa shape index (κ1) is 20.3. The van der Waals surface area contributed by atoms with Gasteiger partial charge in [0.15, 0.2) is 0 Å². The molecule has 1 aliphatic carbocycles. The van der Waals surface area contributed by atoms with Crippen molar-refractivity contribution in [3.8, 4) is 11.1 Å². The number of nitrogens with zero attached hydrogens (tertiary/aromatic N) is 1. The molecule has 3 N–H and O–H groups in total. The largest absolute Gasteiger partial charge is 0.481 e. The molecule has 8 heteroatoms. The third-order valence-electron chi connectivity index (χ3n) is 4.90. The number of carbonyl (C=O) groups is 3. The van der Waals surface area contributed by atoms with Crippen LogP contribution in [-0.2, 0) is 14.3 Å². The normalized spacial score (nSPS) is 13.2. The van der Waals surface area contributed by atoms with E-state index < -0.39 is 24.0 Å². The van der Waals surface area contributed by atoms with Gasteiger partial charge in [-0.1, -0.05) is 48.5 Å². The molecule has 29 heavy (non-hydrogen) atoms. The van der Waals surface area contributed by atoms with Crippen LogP contribution in [0.5, 0.6) is 0 Å². The van der Waals surface area contributed by atoms with Crippen LogP contribution in [0, 0.1) is 0 Å². The van der Waals surface area contributed by atoms with E-state index in [2.05, 4.69) is 5.32 Å². The molecule has 3 rings (SSSR count). The number of fused-ring (bicyclic) bond motifs is 3. The van der Waals surface area contributed by atoms with Crippen LogP contribution in [0.2, 0.25) is 0 Å². The summed E-state index contributed by atoms with van der Waals surface area (Å²) in [6.45, 7) is 0.0642. The molecule has 0 saturated carbocycles. The monoisotopic (exact) mass is 398 g/mol. The van der Waals surface area contributed by atoms with E-state index in [0.29, 0.717) is 5.06 Å². The van der Waals surface area contributed by atoms with Crippen LogP contribution in [0.4, 0.5) is 4.79 Å². The van der Waals surface area contributed by atoms with Gasteiger partial charge >= 0.3 is 12.1 Å². The fraction of sp³-hybridized carbons (Fsp3) is 0.286. The van der Waals surface area contributed by atoms with Gasteiger partial charge in [0.1, 0.15) is 12.6 Å². The maximum Gasteiger partial charge on any atom is 0.407 e. The molecule has 2 aromatic carbocycles. The van der Waals surface area contributed by atoms with Crippen LogP contribution >= 0.6 is 0 Å². The number of amides is 2. The molecule has 1 atom stereocenters. The Hall–Kier alpha value is -3.39. The zero-order chi connectivity index (χ0) is 21.0. The van der Waals surface area contributed by atoms with Crippen molar-refractivity contribution in [1.29, 1.82) is 0 Å². The fourth-order valence-electron chi connectivity index (χ4n) is 3.53. The lowest BCUT2D eigenvalue weighted by Gasteiger charge is -2.20. The Morgan fingerprint density at radius 1 is 1.07 bits per heavy atom. The fourth-order valence-corrected chi connectivity index (χ4v) is 3.53. The standard InChI is InChI=1S/C21H22N2O6/c1-23(28)20(26)18(10-11-19(24)25)22-21(27)29-12-17-15-8-4-2-6-13(15)14-7-3-5-9-16(14)17/h2-9,17-18,28H,10-12H2,1H3,(H,22,27)(H,24,25). The van der Waals surface area contributed by atoms with E-state index >= 15 is 0 Å². The van der Waals surface area contributed by atoms with Crippen LogP contribution in [-0.4, -0.2) is 53.0 Å². The molecule has 152 valence electrons. The van der Waals surface area contributed by atoms with Crippen molar-refractivity contribution in [3.63, 3.8) is 0 Å². The Bertz CT molecular complexity index is 881. The lowest BCUT2D eigenvalue weighted by Crippen LogP contribution is -2.47. The van der Waals surface area contributed by atoms with E-state index in [0.717, 1.165) is 29.3 Å². The molecule has 0 heterocycles. The summed E-state index contributed by atoms with van der Waals surface area (Å²) < 4.78 is 5.36. The van der Waals surface area contributed by atoms with Crippen LogP contribution in [0.15, 0.2) is 48.5 Å². The summed E-state index contributed by atoms with van der Waals surface area (Å²) in [6.07, 6.45) is -1.35. The van der Waals surface area contributed by atoms with E-state index in [1.54, 1.807) is 0 Å². The molecule has 0 fully saturated rings. The number of benzene rings is 2. The highest BCUT2D eigenvalue weighted by Crippen LogP contribution is 2.44. The summed E-state index contributed by atoms with van der Waals surface area (Å²) in [7, 11) is 1.11. The second-order valence-corrected chi connectivity index (χ2v) is 6.82. The van der Waals surface area contributed by atoms with Gasteiger partial charge in [-0.15, -0.1) is 0 Å². The molecule has 0 saturated heterocycles. The van der Waals surface area contributed by atoms with Crippen molar-refractivity contribution in [1.82, 2.24) is 10.4 Å². The first-order valence-corrected chi connectivity index (χ1v) is 9.18. The average molecular weight is 398 g/mol. The van der Waals surface area contributed by atoms with Crippen molar-refractivity contribution in [2.45, 2.75) is 24.8 Å². The Balaban J connectivity index is 1.68. The van der Waals surface area contributed by atoms with Crippen molar-refractivity contribution < 1.29 is 29.4 Å². The van der Waals surface area contributed by atoms with Crippen LogP contribution in [0.25, 0.3) is 11.1 Å². The number of carbonyl (C=O) groups excluding carboxylic acids is 2. The van der Waals surface area contributed by atoms with Crippen molar-refractivity contribution in [3.05, 3.63) is 59.7 Å². The molecule has 1 unspecified atom stereocenters. The van der Waals surface area contributed by atoms with E-state index in [1.165, 1.54) is 0 Å². The summed E-state index contributed by atoms with van der Waals surface area (Å²) in [6, 6.07) is 14.6. The Morgan fingerprint density at radius 2 is 1.62 bits per heavy atom. The molecule has 1 aliphatic rings. The third kappa shape index (κ3) is 4.55. The SMILES string of the molecule is CN(O)C(=O)C(CCC(=O)O)NC(=O)OCC1c2ccccc2-c2ccccc21. The predicted molar refractivity (Wildman–Crippen MR) is 103 cm³/mol. The number of likely N-dealkylation sites (N-methyl/N-ethyl adjacent to an activating group) is 1. The molecule has 2 aromatic rings. The van der Waals surface area contributed by atoms with E-state index in [9.17, 15) is 19.6 Å². The minimum atomic E-state index is -1.20. The van der Waals surface area contributed by atoms with Crippen LogP contribution < -0.4 is 5.32 Å². The maximum absolute atomic E-state index is 12.3. The Kier molecular flexibility index (Phi) is 6.13. The highest BCUT2D eigenvalue weighted by atomic mass is 16.5. The van der Waals surface area contributed by atoms with E-state index in [-0.39, 0.29) is 25.4 Å². The highest BCUT2D eigenvalue weighted by molar-refractivity contribution is 5.85. The molecule has 2 amide bonds. The summed E-state index contributed by atoms with van der Waals surface area (Å²) in [5, 5.41) is 20.8. The molecule has 0 bridgehead atoms. The zero-order valence-corrected chi connectivity index (χ0v) is 15.9. The number of ether oxygens (including phenoxy) is 1. The second kappa shape index (κ2) is 8.74. The third-order valence-corrected chi connectivity index (χ3v) is 4.90. The first-order chi connectivity index (χ1) is 13.9. The van der Waals surface area contributed by atoms with Gasteiger partial charge < -0.3 is 15.2 Å². The van der Waals surface area contributed by atoms with Gasteiger partial charge in [-0.05, 0) is 28.7 Å².